The minimum Gasteiger partial charge on any atom is -0.295 e. The lowest BCUT2D eigenvalue weighted by Crippen LogP contribution is -2.13. The van der Waals surface area contributed by atoms with Crippen molar-refractivity contribution in [2.75, 3.05) is 0 Å². The molecule has 9 nitrogen and oxygen atoms in total. The van der Waals surface area contributed by atoms with Crippen LogP contribution in [-0.4, -0.2) is 45.6 Å². The highest BCUT2D eigenvalue weighted by Gasteiger charge is 2.17. The van der Waals surface area contributed by atoms with E-state index in [1.165, 1.54) is 11.3 Å². The van der Waals surface area contributed by atoms with Gasteiger partial charge in [-0.25, -0.2) is 19.9 Å². The summed E-state index contributed by atoms with van der Waals surface area (Å²) in [5.41, 5.74) is 4.83. The van der Waals surface area contributed by atoms with E-state index >= 15 is 0 Å². The summed E-state index contributed by atoms with van der Waals surface area (Å²) >= 11 is 1.54. The summed E-state index contributed by atoms with van der Waals surface area (Å²) in [5.74, 6) is 0.241. The van der Waals surface area contributed by atoms with Crippen molar-refractivity contribution in [3.63, 3.8) is 0 Å². The Bertz CT molecular complexity index is 1990. The normalized spacial score (nSPS) is 12.1. The van der Waals surface area contributed by atoms with Gasteiger partial charge in [0.15, 0.2) is 16.9 Å². The molecule has 36 heavy (non-hydrogen) atoms. The zero-order valence-electron chi connectivity index (χ0n) is 19.5. The number of thiophene rings is 1. The van der Waals surface area contributed by atoms with Crippen molar-refractivity contribution in [2.45, 2.75) is 20.3 Å². The Labute approximate surface area is 207 Å². The molecule has 0 aromatic carbocycles. The minimum absolute atomic E-state index is 0.0213. The first kappa shape index (κ1) is 20.9. The monoisotopic (exact) mass is 492 g/mol. The molecular weight excluding hydrogens is 472 g/mol. The fraction of sp³-hybridized carbons (Fsp3) is 0.154. The van der Waals surface area contributed by atoms with E-state index in [0.717, 1.165) is 42.5 Å². The Morgan fingerprint density at radius 1 is 1.00 bits per heavy atom. The highest BCUT2D eigenvalue weighted by Crippen LogP contribution is 2.32. The van der Waals surface area contributed by atoms with E-state index in [4.69, 9.17) is 9.97 Å². The maximum absolute atomic E-state index is 13.5. The largest absolute Gasteiger partial charge is 0.295 e. The molecule has 5 aromatic heterocycles. The lowest BCUT2D eigenvalue weighted by Gasteiger charge is -2.09. The molecule has 0 saturated heterocycles. The van der Waals surface area contributed by atoms with Crippen LogP contribution < -0.4 is 0 Å². The van der Waals surface area contributed by atoms with Crippen LogP contribution in [0.25, 0.3) is 64.9 Å². The number of pyridine rings is 3. The second-order valence-corrected chi connectivity index (χ2v) is 10.3. The van der Waals surface area contributed by atoms with Gasteiger partial charge >= 0.3 is 0 Å². The first-order valence-corrected chi connectivity index (χ1v) is 12.4. The number of fused-ring (bicyclic) bond motifs is 9. The van der Waals surface area contributed by atoms with Crippen molar-refractivity contribution >= 4 is 70.9 Å². The Morgan fingerprint density at radius 3 is 2.78 bits per heavy atom. The van der Waals surface area contributed by atoms with Crippen LogP contribution in [0.2, 0.25) is 0 Å². The molecule has 0 fully saturated rings. The number of rotatable bonds is 2. The molecule has 2 aliphatic heterocycles. The van der Waals surface area contributed by atoms with Crippen molar-refractivity contribution in [1.82, 2.24) is 39.7 Å². The molecular formula is C26H20N8OS. The molecule has 0 radical (unpaired) electrons. The number of hydrogen-bond acceptors (Lipinski definition) is 7. The van der Waals surface area contributed by atoms with E-state index in [9.17, 15) is 4.79 Å². The third-order valence-corrected chi connectivity index (χ3v) is 7.35. The number of imidazole rings is 1. The topological polar surface area (TPSA) is 118 Å². The minimum atomic E-state index is 0.0213. The van der Waals surface area contributed by atoms with Gasteiger partial charge in [-0.05, 0) is 36.2 Å². The van der Waals surface area contributed by atoms with Crippen LogP contribution in [0.1, 0.15) is 25.1 Å². The number of H-pyrrole nitrogens is 2. The van der Waals surface area contributed by atoms with Crippen LogP contribution in [0, 0.1) is 5.92 Å². The lowest BCUT2D eigenvalue weighted by atomic mass is 10.1. The highest BCUT2D eigenvalue weighted by molar-refractivity contribution is 7.24. The molecule has 0 spiro atoms. The quantitative estimate of drug-likeness (QED) is 0.312. The third-order valence-electron chi connectivity index (χ3n) is 6.25. The summed E-state index contributed by atoms with van der Waals surface area (Å²) in [6.45, 7) is 4.09. The van der Waals surface area contributed by atoms with Gasteiger partial charge in [0.05, 0.1) is 11.7 Å². The van der Waals surface area contributed by atoms with Gasteiger partial charge in [-0.15, -0.1) is 11.3 Å². The van der Waals surface area contributed by atoms with Crippen molar-refractivity contribution in [2.24, 2.45) is 5.92 Å². The standard InChI is InChI=1S/C26H20N8OS/c1-13(2)7-20(35)34-16-8-14(10-27-12-16)15-9-18-23(32-33-24(18)29-11-15)26-30-22-17(5-6-28-25(22)31-26)19-3-4-21(34)36-19/h3-6,8-13,32H,7H2,1-2H3,(H,29,33). The van der Waals surface area contributed by atoms with E-state index in [1.807, 2.05) is 44.2 Å². The number of hydrogen-bond donors (Lipinski definition) is 2. The average Bonchev–Trinajstić information content (AvgIpc) is 3.60. The molecule has 176 valence electrons. The number of aromatic nitrogens is 8. The number of carbonyl (C=O) groups is 1. The SMILES string of the molecule is CC(C)CC(=O)n1c2cncc(c2)c2cnc3[nH][nH]c(c4nc5nccc(c6ccc1s6)c5n4)-c3c2. The Hall–Kier alpha value is -4.44. The maximum Gasteiger partial charge on any atom is 0.232 e. The van der Waals surface area contributed by atoms with Crippen molar-refractivity contribution in [3.8, 4) is 11.3 Å². The molecule has 0 amide bonds. The van der Waals surface area contributed by atoms with Gasteiger partial charge in [0.1, 0.15) is 16.0 Å². The Balaban J connectivity index is 1.70. The van der Waals surface area contributed by atoms with Gasteiger partial charge in [-0.1, -0.05) is 13.8 Å². The zero-order valence-corrected chi connectivity index (χ0v) is 20.3. The molecule has 0 saturated carbocycles. The highest BCUT2D eigenvalue weighted by atomic mass is 32.1. The van der Waals surface area contributed by atoms with Gasteiger partial charge in [0.2, 0.25) is 5.91 Å². The van der Waals surface area contributed by atoms with Crippen LogP contribution >= 0.6 is 11.3 Å². The fourth-order valence-electron chi connectivity index (χ4n) is 4.59. The first-order chi connectivity index (χ1) is 17.5. The molecule has 0 atom stereocenters. The average molecular weight is 493 g/mol. The summed E-state index contributed by atoms with van der Waals surface area (Å²) in [5, 5.41) is 8.95. The smallest absolute Gasteiger partial charge is 0.232 e. The molecule has 10 heteroatoms. The Kier molecular flexibility index (Phi) is 4.52. The number of nitrogens with one attached hydrogen (secondary N) is 2. The molecule has 0 aliphatic carbocycles. The molecule has 5 aromatic rings. The Morgan fingerprint density at radius 2 is 1.89 bits per heavy atom. The molecule has 0 unspecified atom stereocenters. The van der Waals surface area contributed by atoms with Crippen LogP contribution in [0.5, 0.6) is 0 Å². The van der Waals surface area contributed by atoms with E-state index in [2.05, 4.69) is 25.1 Å². The zero-order chi connectivity index (χ0) is 24.4. The van der Waals surface area contributed by atoms with E-state index < -0.39 is 0 Å². The van der Waals surface area contributed by atoms with Crippen molar-refractivity contribution < 1.29 is 4.79 Å². The van der Waals surface area contributed by atoms with Gasteiger partial charge < -0.3 is 0 Å². The number of aromatic amines is 2. The van der Waals surface area contributed by atoms with E-state index in [1.54, 1.807) is 29.4 Å². The van der Waals surface area contributed by atoms with E-state index in [0.29, 0.717) is 28.9 Å². The summed E-state index contributed by atoms with van der Waals surface area (Å²) in [6, 6.07) is 9.96. The second-order valence-electron chi connectivity index (χ2n) is 9.22. The predicted molar refractivity (Wildman–Crippen MR) is 142 cm³/mol. The first-order valence-electron chi connectivity index (χ1n) is 11.6. The van der Waals surface area contributed by atoms with Crippen LogP contribution in [0.3, 0.4) is 0 Å². The van der Waals surface area contributed by atoms with Crippen molar-refractivity contribution in [1.29, 1.82) is 0 Å². The number of nitrogens with zero attached hydrogens (tertiary/aromatic N) is 6. The van der Waals surface area contributed by atoms with E-state index in [-0.39, 0.29) is 11.8 Å². The summed E-state index contributed by atoms with van der Waals surface area (Å²) in [7, 11) is 0. The van der Waals surface area contributed by atoms with Crippen molar-refractivity contribution in [3.05, 3.63) is 55.1 Å². The van der Waals surface area contributed by atoms with Gasteiger partial charge in [0.25, 0.3) is 0 Å². The molecule has 2 aliphatic rings. The summed E-state index contributed by atoms with van der Waals surface area (Å²) in [4.78, 5) is 37.5. The van der Waals surface area contributed by atoms with Crippen LogP contribution in [0.15, 0.2) is 55.1 Å². The lowest BCUT2D eigenvalue weighted by molar-refractivity contribution is 0.0897. The molecule has 7 heterocycles. The third kappa shape index (κ3) is 3.22. The second kappa shape index (κ2) is 7.79. The predicted octanol–water partition coefficient (Wildman–Crippen LogP) is 5.86. The molecule has 7 rings (SSSR count). The van der Waals surface area contributed by atoms with Gasteiger partial charge in [0, 0.05) is 51.4 Å². The van der Waals surface area contributed by atoms with Crippen LogP contribution in [-0.2, 0) is 0 Å². The van der Waals surface area contributed by atoms with Gasteiger partial charge in [-0.3, -0.25) is 24.5 Å². The molecule has 2 N–H and O–H groups in total. The van der Waals surface area contributed by atoms with Crippen LogP contribution in [0.4, 0.5) is 0 Å². The summed E-state index contributed by atoms with van der Waals surface area (Å²) < 4.78 is 2.75. The summed E-state index contributed by atoms with van der Waals surface area (Å²) in [6.07, 6.45) is 7.48. The molecule has 8 bridgehead atoms. The fourth-order valence-corrected chi connectivity index (χ4v) is 5.66. The maximum atomic E-state index is 13.5. The number of carbonyl (C=O) groups excluding carboxylic acids is 1. The van der Waals surface area contributed by atoms with Gasteiger partial charge in [-0.2, -0.15) is 0 Å².